The Balaban J connectivity index is 1.92. The van der Waals surface area contributed by atoms with E-state index in [0.717, 1.165) is 20.8 Å². The van der Waals surface area contributed by atoms with E-state index < -0.39 is 0 Å². The standard InChI is InChI=1S/C16H14BrN3O2/c1-2-22-16(21)10-5-3-9(4-6-10)15-19-12-8-7-11(18)13(17)14(12)20-15/h3-8,15H,2,18H2,1H3. The molecule has 0 saturated heterocycles. The highest BCUT2D eigenvalue weighted by molar-refractivity contribution is 9.10. The molecule has 1 aliphatic rings. The van der Waals surface area contributed by atoms with Gasteiger partial charge in [0.25, 0.3) is 0 Å². The Morgan fingerprint density at radius 1 is 1.23 bits per heavy atom. The first-order valence-electron chi connectivity index (χ1n) is 6.87. The first kappa shape index (κ1) is 14.7. The Labute approximate surface area is 135 Å². The van der Waals surface area contributed by atoms with Gasteiger partial charge in [0.1, 0.15) is 5.36 Å². The molecule has 0 bridgehead atoms. The summed E-state index contributed by atoms with van der Waals surface area (Å²) in [7, 11) is 0. The van der Waals surface area contributed by atoms with Gasteiger partial charge in [-0.25, -0.2) is 4.79 Å². The zero-order valence-corrected chi connectivity index (χ0v) is 13.5. The Hall–Kier alpha value is -2.21. The number of hydrogen-bond acceptors (Lipinski definition) is 5. The van der Waals surface area contributed by atoms with Crippen LogP contribution in [-0.2, 0) is 4.74 Å². The summed E-state index contributed by atoms with van der Waals surface area (Å²) in [5.41, 5.74) is 7.93. The molecule has 112 valence electrons. The first-order chi connectivity index (χ1) is 10.6. The third kappa shape index (κ3) is 2.62. The minimum Gasteiger partial charge on any atom is -0.462 e. The van der Waals surface area contributed by atoms with Gasteiger partial charge >= 0.3 is 5.97 Å². The van der Waals surface area contributed by atoms with Crippen molar-refractivity contribution >= 4 is 27.6 Å². The summed E-state index contributed by atoms with van der Waals surface area (Å²) >= 11 is 3.44. The molecule has 3 rings (SSSR count). The van der Waals surface area contributed by atoms with Crippen molar-refractivity contribution in [2.24, 2.45) is 9.98 Å². The van der Waals surface area contributed by atoms with Crippen LogP contribution < -0.4 is 16.4 Å². The topological polar surface area (TPSA) is 77.0 Å². The second kappa shape index (κ2) is 5.88. The van der Waals surface area contributed by atoms with Crippen molar-refractivity contribution in [3.8, 4) is 0 Å². The lowest BCUT2D eigenvalue weighted by Crippen LogP contribution is -2.23. The van der Waals surface area contributed by atoms with Crippen LogP contribution in [0.1, 0.15) is 29.0 Å². The average molecular weight is 360 g/mol. The number of nitrogens with zero attached hydrogens (tertiary/aromatic N) is 2. The summed E-state index contributed by atoms with van der Waals surface area (Å²) in [6, 6.07) is 10.8. The molecule has 0 saturated carbocycles. The van der Waals surface area contributed by atoms with Crippen LogP contribution in [0.4, 0.5) is 5.69 Å². The molecule has 0 aromatic heterocycles. The largest absolute Gasteiger partial charge is 0.462 e. The van der Waals surface area contributed by atoms with Crippen LogP contribution in [-0.4, -0.2) is 12.6 Å². The number of halogens is 1. The summed E-state index contributed by atoms with van der Waals surface area (Å²) in [6.07, 6.45) is -0.315. The van der Waals surface area contributed by atoms with Crippen LogP contribution in [0.15, 0.2) is 50.9 Å². The quantitative estimate of drug-likeness (QED) is 0.673. The van der Waals surface area contributed by atoms with E-state index in [4.69, 9.17) is 10.5 Å². The number of rotatable bonds is 3. The molecule has 5 nitrogen and oxygen atoms in total. The fourth-order valence-corrected chi connectivity index (χ4v) is 2.67. The Kier molecular flexibility index (Phi) is 3.94. The summed E-state index contributed by atoms with van der Waals surface area (Å²) in [5, 5.41) is 1.57. The summed E-state index contributed by atoms with van der Waals surface area (Å²) in [6.45, 7) is 2.14. The van der Waals surface area contributed by atoms with Gasteiger partial charge in [0.05, 0.1) is 22.0 Å². The normalized spacial score (nSPS) is 15.6. The van der Waals surface area contributed by atoms with Crippen LogP contribution in [0.3, 0.4) is 0 Å². The summed E-state index contributed by atoms with van der Waals surface area (Å²) in [5.74, 6) is -0.326. The molecule has 2 N–H and O–H groups in total. The van der Waals surface area contributed by atoms with Crippen molar-refractivity contribution in [1.82, 2.24) is 0 Å². The first-order valence-corrected chi connectivity index (χ1v) is 7.66. The van der Waals surface area contributed by atoms with Gasteiger partial charge in [0.15, 0.2) is 6.17 Å². The number of fused-ring (bicyclic) bond motifs is 1. The molecule has 1 aliphatic heterocycles. The monoisotopic (exact) mass is 359 g/mol. The van der Waals surface area contributed by atoms with Crippen LogP contribution in [0.2, 0.25) is 0 Å². The molecule has 0 fully saturated rings. The number of carbonyl (C=O) groups is 1. The summed E-state index contributed by atoms with van der Waals surface area (Å²) in [4.78, 5) is 20.8. The van der Waals surface area contributed by atoms with Crippen molar-refractivity contribution in [3.63, 3.8) is 0 Å². The number of nitrogens with two attached hydrogens (primary N) is 1. The fourth-order valence-electron chi connectivity index (χ4n) is 2.23. The molecule has 2 aromatic rings. The molecule has 0 spiro atoms. The predicted molar refractivity (Wildman–Crippen MR) is 86.0 cm³/mol. The molecule has 0 aliphatic carbocycles. The molecule has 1 unspecified atom stereocenters. The molecule has 0 radical (unpaired) electrons. The maximum absolute atomic E-state index is 11.6. The Morgan fingerprint density at radius 3 is 2.64 bits per heavy atom. The molecular weight excluding hydrogens is 346 g/mol. The Bertz CT molecular complexity index is 847. The average Bonchev–Trinajstić information content (AvgIpc) is 2.96. The van der Waals surface area contributed by atoms with Crippen molar-refractivity contribution in [1.29, 1.82) is 0 Å². The van der Waals surface area contributed by atoms with E-state index in [0.29, 0.717) is 17.9 Å². The number of hydrogen-bond donors (Lipinski definition) is 1. The lowest BCUT2D eigenvalue weighted by atomic mass is 10.1. The zero-order chi connectivity index (χ0) is 15.7. The molecule has 2 aromatic carbocycles. The zero-order valence-electron chi connectivity index (χ0n) is 11.9. The van der Waals surface area contributed by atoms with E-state index in [2.05, 4.69) is 25.9 Å². The van der Waals surface area contributed by atoms with Gasteiger partial charge in [-0.3, -0.25) is 9.98 Å². The second-order valence-corrected chi connectivity index (χ2v) is 5.60. The van der Waals surface area contributed by atoms with Crippen molar-refractivity contribution < 1.29 is 9.53 Å². The number of benzene rings is 2. The van der Waals surface area contributed by atoms with E-state index in [1.54, 1.807) is 25.1 Å². The molecular formula is C16H14BrN3O2. The molecule has 22 heavy (non-hydrogen) atoms. The van der Waals surface area contributed by atoms with Crippen molar-refractivity contribution in [3.05, 3.63) is 62.7 Å². The predicted octanol–water partition coefficient (Wildman–Crippen LogP) is 2.16. The highest BCUT2D eigenvalue weighted by Crippen LogP contribution is 2.22. The maximum Gasteiger partial charge on any atom is 0.338 e. The lowest BCUT2D eigenvalue weighted by Gasteiger charge is -2.06. The second-order valence-electron chi connectivity index (χ2n) is 4.81. The Morgan fingerprint density at radius 2 is 1.95 bits per heavy atom. The number of anilines is 1. The van der Waals surface area contributed by atoms with E-state index in [9.17, 15) is 4.79 Å². The number of carbonyl (C=O) groups excluding carboxylic acids is 1. The third-order valence-corrected chi connectivity index (χ3v) is 4.19. The maximum atomic E-state index is 11.6. The smallest absolute Gasteiger partial charge is 0.338 e. The van der Waals surface area contributed by atoms with Gasteiger partial charge in [-0.2, -0.15) is 0 Å². The highest BCUT2D eigenvalue weighted by atomic mass is 79.9. The van der Waals surface area contributed by atoms with Gasteiger partial charge in [-0.1, -0.05) is 12.1 Å². The van der Waals surface area contributed by atoms with Crippen LogP contribution in [0.25, 0.3) is 0 Å². The highest BCUT2D eigenvalue weighted by Gasteiger charge is 2.16. The lowest BCUT2D eigenvalue weighted by molar-refractivity contribution is 0.0526. The molecule has 0 amide bonds. The number of ether oxygens (including phenoxy) is 1. The number of esters is 1. The molecule has 1 heterocycles. The van der Waals surface area contributed by atoms with Gasteiger partial charge < -0.3 is 10.5 Å². The molecule has 6 heteroatoms. The minimum absolute atomic E-state index is 0.315. The number of nitrogen functional groups attached to an aromatic ring is 1. The van der Waals surface area contributed by atoms with E-state index in [1.807, 2.05) is 18.2 Å². The van der Waals surface area contributed by atoms with Crippen molar-refractivity contribution in [2.75, 3.05) is 12.3 Å². The van der Waals surface area contributed by atoms with Gasteiger partial charge in [-0.05, 0) is 52.7 Å². The molecule has 1 atom stereocenters. The van der Waals surface area contributed by atoms with Gasteiger partial charge in [0.2, 0.25) is 0 Å². The fraction of sp³-hybridized carbons (Fsp3) is 0.188. The SMILES string of the molecule is CCOC(=O)c1ccc(C2N=c3ccc(N)c(Br)c3=N2)cc1. The minimum atomic E-state index is -0.326. The van der Waals surface area contributed by atoms with Crippen LogP contribution in [0, 0.1) is 0 Å². The van der Waals surface area contributed by atoms with Gasteiger partial charge in [-0.15, -0.1) is 0 Å². The van der Waals surface area contributed by atoms with Crippen molar-refractivity contribution in [2.45, 2.75) is 13.1 Å². The van der Waals surface area contributed by atoms with E-state index in [1.165, 1.54) is 0 Å². The summed E-state index contributed by atoms with van der Waals surface area (Å²) < 4.78 is 5.73. The van der Waals surface area contributed by atoms with Crippen LogP contribution in [0.5, 0.6) is 0 Å². The van der Waals surface area contributed by atoms with E-state index in [-0.39, 0.29) is 12.1 Å². The third-order valence-electron chi connectivity index (χ3n) is 3.36. The van der Waals surface area contributed by atoms with E-state index >= 15 is 0 Å². The van der Waals surface area contributed by atoms with Gasteiger partial charge in [0, 0.05) is 5.69 Å². The van der Waals surface area contributed by atoms with Crippen LogP contribution >= 0.6 is 15.9 Å².